The van der Waals surface area contributed by atoms with Crippen LogP contribution in [0.25, 0.3) is 0 Å². The molecule has 118 valence electrons. The van der Waals surface area contributed by atoms with Gasteiger partial charge in [0.05, 0.1) is 21.3 Å². The molecule has 2 aromatic rings. The van der Waals surface area contributed by atoms with Gasteiger partial charge in [-0.05, 0) is 48.5 Å². The first-order chi connectivity index (χ1) is 10.2. The SMILES string of the molecule is O=S(=O)(CCS(=O)(=O)c1ccc(Cl)cc1)c1ccc(Cl)cc1. The molecule has 2 rings (SSSR count). The Morgan fingerprint density at radius 3 is 1.14 bits per heavy atom. The molecule has 0 fully saturated rings. The Hall–Kier alpha value is -1.08. The van der Waals surface area contributed by atoms with Crippen molar-refractivity contribution >= 4 is 42.9 Å². The topological polar surface area (TPSA) is 68.3 Å². The Morgan fingerprint density at radius 2 is 0.864 bits per heavy atom. The molecule has 0 heterocycles. The van der Waals surface area contributed by atoms with Gasteiger partial charge in [-0.3, -0.25) is 0 Å². The first kappa shape index (κ1) is 17.3. The zero-order chi connectivity index (χ0) is 16.4. The highest BCUT2D eigenvalue weighted by Crippen LogP contribution is 2.19. The van der Waals surface area contributed by atoms with E-state index in [-0.39, 0.29) is 9.79 Å². The first-order valence-corrected chi connectivity index (χ1v) is 10.2. The van der Waals surface area contributed by atoms with Gasteiger partial charge in [-0.15, -0.1) is 0 Å². The van der Waals surface area contributed by atoms with Crippen molar-refractivity contribution in [2.45, 2.75) is 9.79 Å². The lowest BCUT2D eigenvalue weighted by Crippen LogP contribution is -2.17. The minimum Gasteiger partial charge on any atom is -0.224 e. The average molecular weight is 379 g/mol. The van der Waals surface area contributed by atoms with E-state index < -0.39 is 31.2 Å². The normalized spacial score (nSPS) is 12.3. The van der Waals surface area contributed by atoms with Crippen LogP contribution in [0.2, 0.25) is 10.0 Å². The molecule has 0 bridgehead atoms. The van der Waals surface area contributed by atoms with E-state index in [1.165, 1.54) is 48.5 Å². The maximum Gasteiger partial charge on any atom is 0.179 e. The third kappa shape index (κ3) is 4.23. The molecule has 0 N–H and O–H groups in total. The van der Waals surface area contributed by atoms with E-state index in [4.69, 9.17) is 23.2 Å². The number of hydrogen-bond donors (Lipinski definition) is 0. The number of benzene rings is 2. The minimum absolute atomic E-state index is 0.0446. The molecule has 0 spiro atoms. The van der Waals surface area contributed by atoms with Crippen LogP contribution in [0, 0.1) is 0 Å². The Labute approximate surface area is 139 Å². The van der Waals surface area contributed by atoms with Gasteiger partial charge in [-0.1, -0.05) is 23.2 Å². The van der Waals surface area contributed by atoms with Gasteiger partial charge in [0.25, 0.3) is 0 Å². The summed E-state index contributed by atoms with van der Waals surface area (Å²) < 4.78 is 48.6. The highest BCUT2D eigenvalue weighted by molar-refractivity contribution is 7.95. The van der Waals surface area contributed by atoms with E-state index in [0.717, 1.165) is 0 Å². The van der Waals surface area contributed by atoms with Crippen LogP contribution in [0.3, 0.4) is 0 Å². The second-order valence-corrected chi connectivity index (χ2v) is 9.64. The van der Waals surface area contributed by atoms with E-state index in [1.807, 2.05) is 0 Å². The second-order valence-electron chi connectivity index (χ2n) is 4.55. The Morgan fingerprint density at radius 1 is 0.591 bits per heavy atom. The Kier molecular flexibility index (Phi) is 5.17. The maximum absolute atomic E-state index is 12.1. The van der Waals surface area contributed by atoms with Crippen LogP contribution in [0.1, 0.15) is 0 Å². The van der Waals surface area contributed by atoms with Crippen molar-refractivity contribution in [1.29, 1.82) is 0 Å². The van der Waals surface area contributed by atoms with Gasteiger partial charge in [0, 0.05) is 10.0 Å². The zero-order valence-corrected chi connectivity index (χ0v) is 14.4. The minimum atomic E-state index is -3.69. The summed E-state index contributed by atoms with van der Waals surface area (Å²) in [5.74, 6) is -1.00. The smallest absolute Gasteiger partial charge is 0.179 e. The van der Waals surface area contributed by atoms with Crippen LogP contribution >= 0.6 is 23.2 Å². The second kappa shape index (κ2) is 6.58. The number of hydrogen-bond acceptors (Lipinski definition) is 4. The molecule has 0 atom stereocenters. The lowest BCUT2D eigenvalue weighted by atomic mass is 10.4. The fourth-order valence-electron chi connectivity index (χ4n) is 1.74. The summed E-state index contributed by atoms with van der Waals surface area (Å²) in [6, 6.07) is 11.2. The molecule has 8 heteroatoms. The quantitative estimate of drug-likeness (QED) is 0.800. The van der Waals surface area contributed by atoms with E-state index in [0.29, 0.717) is 10.0 Å². The standard InChI is InChI=1S/C14H12Cl2O4S2/c15-11-1-5-13(6-2-11)21(17,18)9-10-22(19,20)14-7-3-12(16)4-8-14/h1-8H,9-10H2. The summed E-state index contributed by atoms with van der Waals surface area (Å²) in [5.41, 5.74) is 0. The van der Waals surface area contributed by atoms with Crippen molar-refractivity contribution in [3.8, 4) is 0 Å². The average Bonchev–Trinajstić information content (AvgIpc) is 2.46. The van der Waals surface area contributed by atoms with Crippen molar-refractivity contribution in [1.82, 2.24) is 0 Å². The van der Waals surface area contributed by atoms with E-state index >= 15 is 0 Å². The van der Waals surface area contributed by atoms with Gasteiger partial charge in [0.15, 0.2) is 19.7 Å². The van der Waals surface area contributed by atoms with Crippen LogP contribution in [0.5, 0.6) is 0 Å². The van der Waals surface area contributed by atoms with Crippen molar-refractivity contribution in [2.75, 3.05) is 11.5 Å². The predicted molar refractivity (Wildman–Crippen MR) is 87.0 cm³/mol. The fraction of sp³-hybridized carbons (Fsp3) is 0.143. The van der Waals surface area contributed by atoms with E-state index in [9.17, 15) is 16.8 Å². The molecule has 22 heavy (non-hydrogen) atoms. The van der Waals surface area contributed by atoms with Gasteiger partial charge in [0.1, 0.15) is 0 Å². The molecule has 0 unspecified atom stereocenters. The molecular weight excluding hydrogens is 367 g/mol. The third-order valence-corrected chi connectivity index (χ3v) is 7.19. The third-order valence-electron chi connectivity index (χ3n) is 2.97. The molecule has 0 aliphatic rings. The van der Waals surface area contributed by atoms with Gasteiger partial charge >= 0.3 is 0 Å². The lowest BCUT2D eigenvalue weighted by molar-refractivity contribution is 0.587. The molecule has 0 aliphatic heterocycles. The van der Waals surface area contributed by atoms with Gasteiger partial charge in [-0.2, -0.15) is 0 Å². The van der Waals surface area contributed by atoms with Crippen LogP contribution in [-0.2, 0) is 19.7 Å². The highest BCUT2D eigenvalue weighted by atomic mass is 35.5. The molecule has 4 nitrogen and oxygen atoms in total. The summed E-state index contributed by atoms with van der Waals surface area (Å²) >= 11 is 11.4. The van der Waals surface area contributed by atoms with Gasteiger partial charge in [-0.25, -0.2) is 16.8 Å². The molecule has 0 radical (unpaired) electrons. The molecule has 0 saturated carbocycles. The number of rotatable bonds is 5. The number of halogens is 2. The molecule has 0 aliphatic carbocycles. The summed E-state index contributed by atoms with van der Waals surface area (Å²) in [5, 5.41) is 0.820. The first-order valence-electron chi connectivity index (χ1n) is 6.17. The van der Waals surface area contributed by atoms with Crippen LogP contribution < -0.4 is 0 Å². The number of sulfone groups is 2. The Bertz CT molecular complexity index is 781. The monoisotopic (exact) mass is 378 g/mol. The molecule has 2 aromatic carbocycles. The van der Waals surface area contributed by atoms with Crippen LogP contribution in [-0.4, -0.2) is 28.3 Å². The van der Waals surface area contributed by atoms with Crippen molar-refractivity contribution < 1.29 is 16.8 Å². The largest absolute Gasteiger partial charge is 0.224 e. The maximum atomic E-state index is 12.1. The van der Waals surface area contributed by atoms with Crippen molar-refractivity contribution in [2.24, 2.45) is 0 Å². The molecule has 0 aromatic heterocycles. The fourth-order valence-corrected chi connectivity index (χ4v) is 5.32. The van der Waals surface area contributed by atoms with E-state index in [2.05, 4.69) is 0 Å². The predicted octanol–water partition coefficient (Wildman–Crippen LogP) is 3.24. The van der Waals surface area contributed by atoms with Crippen molar-refractivity contribution in [3.63, 3.8) is 0 Å². The van der Waals surface area contributed by atoms with E-state index in [1.54, 1.807) is 0 Å². The molecular formula is C14H12Cl2O4S2. The Balaban J connectivity index is 2.17. The van der Waals surface area contributed by atoms with Gasteiger partial charge < -0.3 is 0 Å². The lowest BCUT2D eigenvalue weighted by Gasteiger charge is -2.06. The van der Waals surface area contributed by atoms with Crippen molar-refractivity contribution in [3.05, 3.63) is 58.6 Å². The zero-order valence-electron chi connectivity index (χ0n) is 11.2. The van der Waals surface area contributed by atoms with Crippen LogP contribution in [0.4, 0.5) is 0 Å². The van der Waals surface area contributed by atoms with Gasteiger partial charge in [0.2, 0.25) is 0 Å². The highest BCUT2D eigenvalue weighted by Gasteiger charge is 2.21. The summed E-state index contributed by atoms with van der Waals surface area (Å²) in [6.07, 6.45) is 0. The summed E-state index contributed by atoms with van der Waals surface area (Å²) in [7, 11) is -7.38. The summed E-state index contributed by atoms with van der Waals surface area (Å²) in [4.78, 5) is 0.0893. The molecule has 0 saturated heterocycles. The van der Waals surface area contributed by atoms with Crippen LogP contribution in [0.15, 0.2) is 58.3 Å². The molecule has 0 amide bonds. The summed E-state index contributed by atoms with van der Waals surface area (Å²) in [6.45, 7) is 0.